The summed E-state index contributed by atoms with van der Waals surface area (Å²) >= 11 is 0. The van der Waals surface area contributed by atoms with E-state index >= 15 is 0 Å². The zero-order chi connectivity index (χ0) is 14.6. The lowest BCUT2D eigenvalue weighted by atomic mass is 10.0. The van der Waals surface area contributed by atoms with Crippen molar-refractivity contribution >= 4 is 8.32 Å². The van der Waals surface area contributed by atoms with E-state index in [0.29, 0.717) is 0 Å². The molecule has 1 N–H and O–H groups in total. The smallest absolute Gasteiger partial charge is 0.197 e. The van der Waals surface area contributed by atoms with Gasteiger partial charge in [0.2, 0.25) is 0 Å². The van der Waals surface area contributed by atoms with E-state index in [0.717, 1.165) is 6.42 Å². The minimum atomic E-state index is -1.99. The van der Waals surface area contributed by atoms with E-state index < -0.39 is 8.32 Å². The maximum absolute atomic E-state index is 10.5. The van der Waals surface area contributed by atoms with E-state index in [9.17, 15) is 5.11 Å². The molecule has 0 amide bonds. The van der Waals surface area contributed by atoms with Crippen LogP contribution in [0.3, 0.4) is 0 Å². The number of aliphatic hydroxyl groups excluding tert-OH is 1. The molecular weight excluding hydrogens is 252 g/mol. The van der Waals surface area contributed by atoms with Gasteiger partial charge in [0, 0.05) is 11.6 Å². The van der Waals surface area contributed by atoms with Crippen LogP contribution in [0.15, 0.2) is 24.3 Å². The highest BCUT2D eigenvalue weighted by atomic mass is 28.4. The van der Waals surface area contributed by atoms with E-state index in [1.54, 1.807) is 0 Å². The Morgan fingerprint density at radius 3 is 2.37 bits per heavy atom. The van der Waals surface area contributed by atoms with Gasteiger partial charge in [-0.05, 0) is 45.8 Å². The third-order valence-corrected chi connectivity index (χ3v) is 6.79. The molecular formula is C16H28O2Si. The van der Waals surface area contributed by atoms with Gasteiger partial charge < -0.3 is 9.53 Å². The van der Waals surface area contributed by atoms with Crippen LogP contribution in [-0.2, 0) is 4.43 Å². The van der Waals surface area contributed by atoms with Crippen molar-refractivity contribution in [3.05, 3.63) is 35.4 Å². The van der Waals surface area contributed by atoms with Gasteiger partial charge in [0.05, 0.1) is 6.10 Å². The second kappa shape index (κ2) is 6.68. The number of aryl methyl sites for hydroxylation is 1. The molecule has 0 aliphatic rings. The summed E-state index contributed by atoms with van der Waals surface area (Å²) in [6.07, 6.45) is 0.636. The normalized spacial score (nSPS) is 15.6. The topological polar surface area (TPSA) is 29.5 Å². The molecule has 0 spiro atoms. The fraction of sp³-hybridized carbons (Fsp3) is 0.625. The van der Waals surface area contributed by atoms with Gasteiger partial charge in [-0.15, -0.1) is 0 Å². The Bertz CT molecular complexity index is 401. The highest BCUT2D eigenvalue weighted by molar-refractivity contribution is 6.72. The predicted molar refractivity (Wildman–Crippen MR) is 83.9 cm³/mol. The third kappa shape index (κ3) is 4.44. The number of rotatable bonds is 6. The second-order valence-electron chi connectivity index (χ2n) is 6.14. The predicted octanol–water partition coefficient (Wildman–Crippen LogP) is 4.02. The lowest BCUT2D eigenvalue weighted by Gasteiger charge is -2.37. The van der Waals surface area contributed by atoms with E-state index in [1.807, 2.05) is 6.92 Å². The van der Waals surface area contributed by atoms with Crippen LogP contribution in [0.25, 0.3) is 0 Å². The Hall–Kier alpha value is -0.643. The highest BCUT2D eigenvalue weighted by Gasteiger charge is 2.39. The van der Waals surface area contributed by atoms with Gasteiger partial charge in [-0.2, -0.15) is 0 Å². The molecule has 0 aromatic heterocycles. The minimum absolute atomic E-state index is 0.125. The molecule has 2 nitrogen and oxygen atoms in total. The first-order valence-corrected chi connectivity index (χ1v) is 10.2. The molecule has 0 bridgehead atoms. The van der Waals surface area contributed by atoms with E-state index in [4.69, 9.17) is 4.43 Å². The van der Waals surface area contributed by atoms with Gasteiger partial charge >= 0.3 is 0 Å². The first-order valence-electron chi connectivity index (χ1n) is 7.20. The quantitative estimate of drug-likeness (QED) is 0.798. The van der Waals surface area contributed by atoms with Crippen molar-refractivity contribution < 1.29 is 9.53 Å². The third-order valence-electron chi connectivity index (χ3n) is 3.49. The van der Waals surface area contributed by atoms with Gasteiger partial charge in [0.15, 0.2) is 8.32 Å². The molecule has 0 radical (unpaired) electrons. The fourth-order valence-corrected chi connectivity index (χ4v) is 6.37. The lowest BCUT2D eigenvalue weighted by molar-refractivity contribution is 0.141. The van der Waals surface area contributed by atoms with Gasteiger partial charge in [-0.25, -0.2) is 0 Å². The molecule has 0 aliphatic carbocycles. The Balaban J connectivity index is 3.14. The molecule has 0 saturated carbocycles. The Labute approximate surface area is 118 Å². The summed E-state index contributed by atoms with van der Waals surface area (Å²) in [5, 5.41) is 10.5. The van der Waals surface area contributed by atoms with Crippen LogP contribution < -0.4 is 0 Å². The molecule has 108 valence electrons. The molecule has 1 aromatic carbocycles. The van der Waals surface area contributed by atoms with Crippen molar-refractivity contribution in [3.8, 4) is 0 Å². The molecule has 2 unspecified atom stereocenters. The minimum Gasteiger partial charge on any atom is -0.414 e. The van der Waals surface area contributed by atoms with E-state index in [2.05, 4.69) is 58.1 Å². The zero-order valence-corrected chi connectivity index (χ0v) is 14.1. The summed E-state index contributed by atoms with van der Waals surface area (Å²) in [6, 6.07) is 8.47. The molecule has 3 heteroatoms. The Morgan fingerprint density at radius 1 is 1.26 bits per heavy atom. The average Bonchev–Trinajstić information content (AvgIpc) is 2.26. The number of hydrogen-bond donors (Lipinski definition) is 1. The maximum atomic E-state index is 10.5. The number of aliphatic hydroxyl groups is 1. The Morgan fingerprint density at radius 2 is 1.89 bits per heavy atom. The molecule has 19 heavy (non-hydrogen) atoms. The van der Waals surface area contributed by atoms with Crippen LogP contribution in [0.2, 0.25) is 13.1 Å². The maximum Gasteiger partial charge on any atom is 0.197 e. The van der Waals surface area contributed by atoms with Crippen LogP contribution in [0.5, 0.6) is 0 Å². The number of hydrogen-bond acceptors (Lipinski definition) is 2. The SMILES string of the molecule is CCC(O)C(c1cccc(C)c1)[Si](C)(C)OC(C)C. The van der Waals surface area contributed by atoms with E-state index in [-0.39, 0.29) is 17.7 Å². The van der Waals surface area contributed by atoms with Crippen LogP contribution in [0.4, 0.5) is 0 Å². The van der Waals surface area contributed by atoms with Crippen molar-refractivity contribution in [2.24, 2.45) is 0 Å². The molecule has 0 saturated heterocycles. The average molecular weight is 280 g/mol. The Kier molecular flexibility index (Phi) is 5.77. The van der Waals surface area contributed by atoms with Crippen LogP contribution in [0.1, 0.15) is 43.9 Å². The summed E-state index contributed by atoms with van der Waals surface area (Å²) in [7, 11) is -1.99. The molecule has 0 heterocycles. The summed E-state index contributed by atoms with van der Waals surface area (Å²) in [4.78, 5) is 0. The zero-order valence-electron chi connectivity index (χ0n) is 13.1. The molecule has 1 aromatic rings. The number of benzene rings is 1. The van der Waals surface area contributed by atoms with Crippen molar-refractivity contribution in [3.63, 3.8) is 0 Å². The van der Waals surface area contributed by atoms with Crippen molar-refractivity contribution in [1.82, 2.24) is 0 Å². The standard InChI is InChI=1S/C16H28O2Si/c1-7-15(17)16(19(5,6)18-12(2)3)14-10-8-9-13(4)11-14/h8-12,15-17H,7H2,1-6H3. The monoisotopic (exact) mass is 280 g/mol. The van der Waals surface area contributed by atoms with Crippen molar-refractivity contribution in [2.75, 3.05) is 0 Å². The van der Waals surface area contributed by atoms with Crippen molar-refractivity contribution in [1.29, 1.82) is 0 Å². The lowest BCUT2D eigenvalue weighted by Crippen LogP contribution is -2.46. The van der Waals surface area contributed by atoms with Crippen LogP contribution in [-0.4, -0.2) is 25.6 Å². The fourth-order valence-electron chi connectivity index (χ4n) is 2.87. The summed E-state index contributed by atoms with van der Waals surface area (Å²) in [6.45, 7) is 12.7. The van der Waals surface area contributed by atoms with Gasteiger partial charge in [0.25, 0.3) is 0 Å². The van der Waals surface area contributed by atoms with Gasteiger partial charge in [-0.3, -0.25) is 0 Å². The first kappa shape index (κ1) is 16.4. The van der Waals surface area contributed by atoms with E-state index in [1.165, 1.54) is 11.1 Å². The van der Waals surface area contributed by atoms with Crippen LogP contribution >= 0.6 is 0 Å². The van der Waals surface area contributed by atoms with Crippen molar-refractivity contribution in [2.45, 2.75) is 65.0 Å². The largest absolute Gasteiger partial charge is 0.414 e. The first-order chi connectivity index (χ1) is 8.77. The van der Waals surface area contributed by atoms with Gasteiger partial charge in [-0.1, -0.05) is 36.8 Å². The molecule has 2 atom stereocenters. The second-order valence-corrected chi connectivity index (χ2v) is 10.2. The molecule has 0 fully saturated rings. The van der Waals surface area contributed by atoms with Crippen LogP contribution in [0, 0.1) is 6.92 Å². The summed E-state index contributed by atoms with van der Waals surface area (Å²) in [5.74, 6) is 0. The highest BCUT2D eigenvalue weighted by Crippen LogP contribution is 2.33. The summed E-state index contributed by atoms with van der Waals surface area (Å²) in [5.41, 5.74) is 2.58. The molecule has 1 rings (SSSR count). The molecule has 0 aliphatic heterocycles. The van der Waals surface area contributed by atoms with Gasteiger partial charge in [0.1, 0.15) is 0 Å². The summed E-state index contributed by atoms with van der Waals surface area (Å²) < 4.78 is 6.20.